The molecule has 8 rings (SSSR count). The average Bonchev–Trinajstić information content (AvgIpc) is 3.91. The molecule has 0 bridgehead atoms. The molecule has 5 fully saturated rings. The summed E-state index contributed by atoms with van der Waals surface area (Å²) in [7, 11) is 0. The van der Waals surface area contributed by atoms with E-state index in [0.717, 1.165) is 43.5 Å². The maximum absolute atomic E-state index is 13.5. The molecule has 222 valence electrons. The first kappa shape index (κ1) is 26.9. The second-order valence-corrected chi connectivity index (χ2v) is 13.9. The van der Waals surface area contributed by atoms with Crippen molar-refractivity contribution < 1.29 is 14.6 Å². The van der Waals surface area contributed by atoms with Crippen LogP contribution < -0.4 is 10.9 Å². The number of likely N-dealkylation sites (tertiary alicyclic amines) is 1. The van der Waals surface area contributed by atoms with Gasteiger partial charge in [0.15, 0.2) is 5.65 Å². The summed E-state index contributed by atoms with van der Waals surface area (Å²) < 4.78 is 9.48. The Morgan fingerprint density at radius 3 is 2.43 bits per heavy atom. The number of amides is 1. The van der Waals surface area contributed by atoms with E-state index in [1.54, 1.807) is 10.6 Å². The smallest absolute Gasteiger partial charge is 0.262 e. The van der Waals surface area contributed by atoms with E-state index in [0.29, 0.717) is 54.6 Å². The SMILES string of the molecule is O=C(N1CCC(O)(Cn2cnc3c(cc(Cl)n3-c3ccc([C@@H]4COC5(CCC5)CN4)cc3)c2=O)CC1)C1(C2CC2)CC1. The lowest BCUT2D eigenvalue weighted by Crippen LogP contribution is -2.54. The fourth-order valence-corrected chi connectivity index (χ4v) is 7.86. The van der Waals surface area contributed by atoms with Gasteiger partial charge in [0.1, 0.15) is 11.5 Å². The Bertz CT molecular complexity index is 1580. The summed E-state index contributed by atoms with van der Waals surface area (Å²) in [5, 5.41) is 15.9. The van der Waals surface area contributed by atoms with Gasteiger partial charge in [-0.3, -0.25) is 18.7 Å². The summed E-state index contributed by atoms with van der Waals surface area (Å²) in [6, 6.07) is 9.94. The van der Waals surface area contributed by atoms with Gasteiger partial charge < -0.3 is 20.1 Å². The molecular weight excluding hydrogens is 554 g/mol. The van der Waals surface area contributed by atoms with Gasteiger partial charge in [-0.25, -0.2) is 4.98 Å². The van der Waals surface area contributed by atoms with Crippen molar-refractivity contribution in [2.45, 2.75) is 81.6 Å². The Balaban J connectivity index is 0.969. The van der Waals surface area contributed by atoms with E-state index in [-0.39, 0.29) is 35.1 Å². The highest BCUT2D eigenvalue weighted by Gasteiger charge is 2.60. The van der Waals surface area contributed by atoms with Crippen LogP contribution in [-0.2, 0) is 16.1 Å². The van der Waals surface area contributed by atoms with Crippen LogP contribution in [0.15, 0.2) is 41.5 Å². The van der Waals surface area contributed by atoms with Crippen LogP contribution in [0, 0.1) is 11.3 Å². The van der Waals surface area contributed by atoms with Crippen LogP contribution in [0.4, 0.5) is 0 Å². The normalized spacial score (nSPS) is 25.9. The number of morpholine rings is 1. The Morgan fingerprint density at radius 2 is 1.83 bits per heavy atom. The quantitative estimate of drug-likeness (QED) is 0.450. The Hall–Kier alpha value is -2.72. The van der Waals surface area contributed by atoms with Crippen LogP contribution in [0.1, 0.15) is 69.4 Å². The van der Waals surface area contributed by atoms with Crippen LogP contribution in [0.25, 0.3) is 16.7 Å². The minimum absolute atomic E-state index is 0.0493. The van der Waals surface area contributed by atoms with Crippen molar-refractivity contribution >= 4 is 28.5 Å². The number of fused-ring (bicyclic) bond motifs is 1. The molecule has 3 aliphatic carbocycles. The second-order valence-electron chi connectivity index (χ2n) is 13.5. The minimum atomic E-state index is -1.07. The van der Waals surface area contributed by atoms with Gasteiger partial charge in [-0.1, -0.05) is 23.7 Å². The highest BCUT2D eigenvalue weighted by Crippen LogP contribution is 2.62. The van der Waals surface area contributed by atoms with Gasteiger partial charge in [-0.05, 0) is 87.5 Å². The fourth-order valence-electron chi connectivity index (χ4n) is 7.57. The number of nitrogens with one attached hydrogen (secondary N) is 1. The molecule has 4 heterocycles. The van der Waals surface area contributed by atoms with Gasteiger partial charge in [0, 0.05) is 25.3 Å². The lowest BCUT2D eigenvalue weighted by molar-refractivity contribution is -0.142. The third-order valence-electron chi connectivity index (χ3n) is 10.8. The molecule has 5 aliphatic rings. The van der Waals surface area contributed by atoms with Crippen LogP contribution in [0.5, 0.6) is 0 Å². The van der Waals surface area contributed by atoms with E-state index in [1.807, 2.05) is 17.0 Å². The van der Waals surface area contributed by atoms with Crippen LogP contribution in [-0.4, -0.2) is 67.5 Å². The largest absolute Gasteiger partial charge is 0.388 e. The van der Waals surface area contributed by atoms with Gasteiger partial charge in [0.05, 0.1) is 41.2 Å². The molecule has 42 heavy (non-hydrogen) atoms. The van der Waals surface area contributed by atoms with Crippen LogP contribution in [0.2, 0.25) is 5.15 Å². The monoisotopic (exact) mass is 591 g/mol. The van der Waals surface area contributed by atoms with Crippen LogP contribution >= 0.6 is 11.6 Å². The van der Waals surface area contributed by atoms with E-state index >= 15 is 0 Å². The molecule has 1 aromatic carbocycles. The highest BCUT2D eigenvalue weighted by molar-refractivity contribution is 6.31. The number of nitrogens with zero attached hydrogens (tertiary/aromatic N) is 4. The summed E-state index contributed by atoms with van der Waals surface area (Å²) in [5.74, 6) is 0.851. The highest BCUT2D eigenvalue weighted by atomic mass is 35.5. The molecule has 9 nitrogen and oxygen atoms in total. The predicted molar refractivity (Wildman–Crippen MR) is 159 cm³/mol. The summed E-state index contributed by atoms with van der Waals surface area (Å²) in [6.07, 6.45) is 10.3. The van der Waals surface area contributed by atoms with Crippen molar-refractivity contribution in [3.05, 3.63) is 57.7 Å². The molecule has 1 atom stereocenters. The van der Waals surface area contributed by atoms with Crippen molar-refractivity contribution in [1.29, 1.82) is 0 Å². The zero-order valence-electron chi connectivity index (χ0n) is 23.9. The number of piperidine rings is 1. The van der Waals surface area contributed by atoms with E-state index < -0.39 is 5.60 Å². The number of hydrogen-bond donors (Lipinski definition) is 2. The molecule has 2 saturated heterocycles. The molecule has 3 aromatic rings. The molecule has 1 amide bonds. The summed E-state index contributed by atoms with van der Waals surface area (Å²) in [6.45, 7) is 2.73. The standard InChI is InChI=1S/C32H38ClN5O4/c33-26-16-24-27(38(26)23-6-2-21(3-7-23)25-17-42-31(18-34-25)8-1-9-31)35-20-37(28(24)39)19-30(41)12-14-36(15-13-30)29(40)32(10-11-32)22-4-5-22/h2-3,6-7,16,20,22,25,34,41H,1,4-5,8-15,17-19H2/t25-/m0/s1. The van der Waals surface area contributed by atoms with Gasteiger partial charge in [0.2, 0.25) is 5.91 Å². The molecular formula is C32H38ClN5O4. The Labute approximate surface area is 249 Å². The lowest BCUT2D eigenvalue weighted by Gasteiger charge is -2.47. The van der Waals surface area contributed by atoms with Crippen molar-refractivity contribution in [2.24, 2.45) is 11.3 Å². The van der Waals surface area contributed by atoms with Gasteiger partial charge in [-0.2, -0.15) is 0 Å². The minimum Gasteiger partial charge on any atom is -0.388 e. The molecule has 1 spiro atoms. The van der Waals surface area contributed by atoms with Gasteiger partial charge >= 0.3 is 0 Å². The maximum atomic E-state index is 13.5. The van der Waals surface area contributed by atoms with E-state index in [1.165, 1.54) is 30.2 Å². The zero-order chi connectivity index (χ0) is 28.7. The van der Waals surface area contributed by atoms with Gasteiger partial charge in [0.25, 0.3) is 5.56 Å². The number of halogens is 1. The van der Waals surface area contributed by atoms with Crippen molar-refractivity contribution in [3.8, 4) is 5.69 Å². The lowest BCUT2D eigenvalue weighted by atomic mass is 9.78. The third-order valence-corrected chi connectivity index (χ3v) is 11.1. The summed E-state index contributed by atoms with van der Waals surface area (Å²) in [4.78, 5) is 33.3. The Kier molecular flexibility index (Phi) is 6.17. The first-order valence-electron chi connectivity index (χ1n) is 15.5. The van der Waals surface area contributed by atoms with Crippen molar-refractivity contribution in [2.75, 3.05) is 26.2 Å². The average molecular weight is 592 g/mol. The third kappa shape index (κ3) is 4.43. The summed E-state index contributed by atoms with van der Waals surface area (Å²) >= 11 is 6.66. The maximum Gasteiger partial charge on any atom is 0.262 e. The number of carbonyl (C=O) groups is 1. The number of rotatable bonds is 6. The molecule has 0 radical (unpaired) electrons. The Morgan fingerprint density at radius 1 is 1.10 bits per heavy atom. The molecule has 3 saturated carbocycles. The van der Waals surface area contributed by atoms with Crippen molar-refractivity contribution in [1.82, 2.24) is 24.3 Å². The van der Waals surface area contributed by atoms with Crippen molar-refractivity contribution in [3.63, 3.8) is 0 Å². The number of aliphatic hydroxyl groups is 1. The first-order valence-corrected chi connectivity index (χ1v) is 15.9. The number of benzene rings is 1. The molecule has 2 aromatic heterocycles. The topological polar surface area (TPSA) is 102 Å². The fraction of sp³-hybridized carbons (Fsp3) is 0.594. The molecule has 0 unspecified atom stereocenters. The number of carbonyl (C=O) groups excluding carboxylic acids is 1. The van der Waals surface area contributed by atoms with Crippen LogP contribution in [0.3, 0.4) is 0 Å². The summed E-state index contributed by atoms with van der Waals surface area (Å²) in [5.41, 5.74) is 1.11. The van der Waals surface area contributed by atoms with E-state index in [4.69, 9.17) is 16.3 Å². The number of aromatic nitrogens is 3. The van der Waals surface area contributed by atoms with E-state index in [9.17, 15) is 14.7 Å². The van der Waals surface area contributed by atoms with Gasteiger partial charge in [-0.15, -0.1) is 0 Å². The second kappa shape index (κ2) is 9.64. The first-order chi connectivity index (χ1) is 20.3. The van der Waals surface area contributed by atoms with E-state index in [2.05, 4.69) is 22.4 Å². The molecule has 10 heteroatoms. The molecule has 2 aliphatic heterocycles. The number of ether oxygens (including phenoxy) is 1. The number of hydrogen-bond acceptors (Lipinski definition) is 6. The predicted octanol–water partition coefficient (Wildman–Crippen LogP) is 3.97. The zero-order valence-corrected chi connectivity index (χ0v) is 24.6. The molecule has 2 N–H and O–H groups in total.